The molecule has 2 rings (SSSR count). The number of aliphatic hydroxyl groups is 2. The van der Waals surface area contributed by atoms with Crippen LogP contribution in [0.1, 0.15) is 59.3 Å². The van der Waals surface area contributed by atoms with Gasteiger partial charge in [-0.2, -0.15) is 0 Å². The van der Waals surface area contributed by atoms with Crippen LogP contribution in [0.4, 0.5) is 0 Å². The van der Waals surface area contributed by atoms with Crippen LogP contribution in [0, 0.1) is 17.3 Å². The van der Waals surface area contributed by atoms with Crippen LogP contribution in [0.15, 0.2) is 0 Å². The normalized spacial score (nSPS) is 36.0. The van der Waals surface area contributed by atoms with E-state index in [2.05, 4.69) is 0 Å². The molecule has 0 radical (unpaired) electrons. The maximum Gasteiger partial charge on any atom is 0.309 e. The van der Waals surface area contributed by atoms with Gasteiger partial charge in [0.25, 0.3) is 0 Å². The van der Waals surface area contributed by atoms with Crippen LogP contribution in [0.3, 0.4) is 0 Å². The van der Waals surface area contributed by atoms with Crippen LogP contribution in [0.5, 0.6) is 0 Å². The second-order valence-corrected chi connectivity index (χ2v) is 7.60. The molecule has 7 atom stereocenters. The fourth-order valence-corrected chi connectivity index (χ4v) is 4.06. The van der Waals surface area contributed by atoms with Crippen molar-refractivity contribution in [3.05, 3.63) is 0 Å². The summed E-state index contributed by atoms with van der Waals surface area (Å²) in [5, 5.41) is 29.0. The summed E-state index contributed by atoms with van der Waals surface area (Å²) in [5.41, 5.74) is -0.823. The third-order valence-corrected chi connectivity index (χ3v) is 5.70. The van der Waals surface area contributed by atoms with Crippen molar-refractivity contribution in [2.75, 3.05) is 0 Å². The van der Waals surface area contributed by atoms with Gasteiger partial charge in [-0.1, -0.05) is 6.92 Å². The predicted molar refractivity (Wildman–Crippen MR) is 82.4 cm³/mol. The second-order valence-electron chi connectivity index (χ2n) is 7.60. The number of hydrogen-bond donors (Lipinski definition) is 3. The topological polar surface area (TPSA) is 87.0 Å². The van der Waals surface area contributed by atoms with E-state index in [0.29, 0.717) is 31.1 Å². The minimum Gasteiger partial charge on any atom is -0.481 e. The summed E-state index contributed by atoms with van der Waals surface area (Å²) in [4.78, 5) is 11.5. The molecule has 2 fully saturated rings. The average molecular weight is 314 g/mol. The molecule has 5 nitrogen and oxygen atoms in total. The Balaban J connectivity index is 1.99. The van der Waals surface area contributed by atoms with Gasteiger partial charge in [0.15, 0.2) is 0 Å². The van der Waals surface area contributed by atoms with Crippen molar-refractivity contribution in [2.45, 2.75) is 83.7 Å². The number of rotatable bonds is 8. The quantitative estimate of drug-likeness (QED) is 0.639. The van der Waals surface area contributed by atoms with E-state index in [1.54, 1.807) is 13.8 Å². The van der Waals surface area contributed by atoms with Crippen LogP contribution in [0.25, 0.3) is 0 Å². The third-order valence-electron chi connectivity index (χ3n) is 5.70. The lowest BCUT2D eigenvalue weighted by molar-refractivity contribution is -0.153. The third kappa shape index (κ3) is 3.81. The number of carboxylic acid groups (broad SMARTS) is 1. The summed E-state index contributed by atoms with van der Waals surface area (Å²) >= 11 is 0. The van der Waals surface area contributed by atoms with Crippen molar-refractivity contribution in [3.8, 4) is 0 Å². The maximum absolute atomic E-state index is 11.5. The van der Waals surface area contributed by atoms with Crippen LogP contribution >= 0.6 is 0 Å². The highest BCUT2D eigenvalue weighted by molar-refractivity contribution is 5.74. The zero-order valence-electron chi connectivity index (χ0n) is 13.9. The number of carboxylic acids is 1. The number of carbonyl (C=O) groups is 1. The van der Waals surface area contributed by atoms with Crippen LogP contribution in [0.2, 0.25) is 0 Å². The van der Waals surface area contributed by atoms with Gasteiger partial charge in [-0.05, 0) is 64.2 Å². The van der Waals surface area contributed by atoms with E-state index in [9.17, 15) is 20.1 Å². The van der Waals surface area contributed by atoms with E-state index >= 15 is 0 Å². The highest BCUT2D eigenvalue weighted by atomic mass is 16.5. The lowest BCUT2D eigenvalue weighted by Gasteiger charge is -2.34. The van der Waals surface area contributed by atoms with Crippen LogP contribution in [-0.4, -0.2) is 45.7 Å². The fourth-order valence-electron chi connectivity index (χ4n) is 4.06. The molecule has 0 aromatic carbocycles. The van der Waals surface area contributed by atoms with Gasteiger partial charge in [0.1, 0.15) is 0 Å². The molecule has 7 unspecified atom stereocenters. The summed E-state index contributed by atoms with van der Waals surface area (Å²) in [6, 6.07) is 0. The highest BCUT2D eigenvalue weighted by Crippen LogP contribution is 2.47. The molecule has 0 aliphatic heterocycles. The van der Waals surface area contributed by atoms with Crippen LogP contribution in [-0.2, 0) is 9.53 Å². The number of ether oxygens (including phenoxy) is 1. The molecule has 22 heavy (non-hydrogen) atoms. The van der Waals surface area contributed by atoms with Gasteiger partial charge in [-0.25, -0.2) is 0 Å². The Kier molecular flexibility index (Phi) is 5.51. The predicted octanol–water partition coefficient (Wildman–Crippen LogP) is 2.19. The molecule has 5 heteroatoms. The maximum atomic E-state index is 11.5. The van der Waals surface area contributed by atoms with Crippen molar-refractivity contribution < 1.29 is 24.9 Å². The van der Waals surface area contributed by atoms with Crippen molar-refractivity contribution in [1.82, 2.24) is 0 Å². The molecule has 0 saturated heterocycles. The molecule has 2 aliphatic carbocycles. The van der Waals surface area contributed by atoms with E-state index in [1.807, 2.05) is 6.92 Å². The summed E-state index contributed by atoms with van der Waals surface area (Å²) in [6.45, 7) is 5.34. The Labute approximate surface area is 132 Å². The van der Waals surface area contributed by atoms with E-state index in [-0.39, 0.29) is 18.3 Å². The fraction of sp³-hybridized carbons (Fsp3) is 0.941. The van der Waals surface area contributed by atoms with Gasteiger partial charge < -0.3 is 20.1 Å². The molecule has 0 amide bonds. The SMILES string of the molecule is CCC(C)(CC(CC(C)O)OC1CC2CC1CC2O)C(=O)O. The lowest BCUT2D eigenvalue weighted by Crippen LogP contribution is -2.37. The molecule has 0 aromatic heterocycles. The average Bonchev–Trinajstić information content (AvgIpc) is 2.96. The standard InChI is InChI=1S/C17H30O5/c1-4-17(3,16(20)21)9-13(5-10(2)18)22-15-8-11-6-12(15)7-14(11)19/h10-15,18-19H,4-9H2,1-3H3,(H,20,21). The molecular weight excluding hydrogens is 284 g/mol. The van der Waals surface area contributed by atoms with Gasteiger partial charge in [0, 0.05) is 0 Å². The highest BCUT2D eigenvalue weighted by Gasteiger charge is 2.47. The van der Waals surface area contributed by atoms with E-state index in [0.717, 1.165) is 19.3 Å². The molecule has 2 bridgehead atoms. The molecule has 3 N–H and O–H groups in total. The van der Waals surface area contributed by atoms with E-state index < -0.39 is 17.5 Å². The van der Waals surface area contributed by atoms with Gasteiger partial charge >= 0.3 is 5.97 Å². The van der Waals surface area contributed by atoms with Crippen molar-refractivity contribution >= 4 is 5.97 Å². The number of hydrogen-bond acceptors (Lipinski definition) is 4. The van der Waals surface area contributed by atoms with Crippen molar-refractivity contribution in [1.29, 1.82) is 0 Å². The number of aliphatic carboxylic acids is 1. The first-order valence-corrected chi connectivity index (χ1v) is 8.50. The Morgan fingerprint density at radius 3 is 2.41 bits per heavy atom. The van der Waals surface area contributed by atoms with Crippen molar-refractivity contribution in [2.24, 2.45) is 17.3 Å². The molecule has 0 heterocycles. The minimum absolute atomic E-state index is 0.104. The monoisotopic (exact) mass is 314 g/mol. The summed E-state index contributed by atoms with van der Waals surface area (Å²) in [7, 11) is 0. The summed E-state index contributed by atoms with van der Waals surface area (Å²) in [6.07, 6.45) is 3.23. The van der Waals surface area contributed by atoms with Gasteiger partial charge in [-0.3, -0.25) is 4.79 Å². The molecule has 0 aromatic rings. The van der Waals surface area contributed by atoms with Crippen LogP contribution < -0.4 is 0 Å². The minimum atomic E-state index is -0.823. The summed E-state index contributed by atoms with van der Waals surface area (Å²) in [5.74, 6) is -0.0917. The van der Waals surface area contributed by atoms with Gasteiger partial charge in [0.05, 0.1) is 29.8 Å². The zero-order chi connectivity index (χ0) is 16.5. The van der Waals surface area contributed by atoms with Crippen molar-refractivity contribution in [3.63, 3.8) is 0 Å². The number of fused-ring (bicyclic) bond motifs is 2. The molecule has 128 valence electrons. The summed E-state index contributed by atoms with van der Waals surface area (Å²) < 4.78 is 6.22. The lowest BCUT2D eigenvalue weighted by atomic mass is 9.80. The van der Waals surface area contributed by atoms with Gasteiger partial charge in [-0.15, -0.1) is 0 Å². The van der Waals surface area contributed by atoms with Gasteiger partial charge in [0.2, 0.25) is 0 Å². The Morgan fingerprint density at radius 2 is 2.00 bits per heavy atom. The Bertz CT molecular complexity index is 395. The smallest absolute Gasteiger partial charge is 0.309 e. The molecular formula is C17H30O5. The van der Waals surface area contributed by atoms with E-state index in [1.165, 1.54) is 0 Å². The largest absolute Gasteiger partial charge is 0.481 e. The molecule has 2 aliphatic rings. The first kappa shape index (κ1) is 17.7. The molecule has 0 spiro atoms. The number of aliphatic hydroxyl groups excluding tert-OH is 2. The first-order valence-electron chi connectivity index (χ1n) is 8.50. The Hall–Kier alpha value is -0.650. The zero-order valence-corrected chi connectivity index (χ0v) is 13.9. The Morgan fingerprint density at radius 1 is 1.32 bits per heavy atom. The van der Waals surface area contributed by atoms with E-state index in [4.69, 9.17) is 4.74 Å². The second kappa shape index (κ2) is 6.85. The molecule has 2 saturated carbocycles. The first-order chi connectivity index (χ1) is 10.2.